The van der Waals surface area contributed by atoms with Crippen molar-refractivity contribution in [3.8, 4) is 21.9 Å². The van der Waals surface area contributed by atoms with E-state index < -0.39 is 18.0 Å². The number of phenols is 1. The van der Waals surface area contributed by atoms with Crippen molar-refractivity contribution in [2.45, 2.75) is 33.2 Å². The number of thiophene rings is 1. The molecule has 2 N–H and O–H groups in total. The van der Waals surface area contributed by atoms with Gasteiger partial charge in [-0.15, -0.1) is 21.5 Å². The van der Waals surface area contributed by atoms with E-state index in [4.69, 9.17) is 9.73 Å². The number of hydrogen-bond acceptors (Lipinski definition) is 8. The summed E-state index contributed by atoms with van der Waals surface area (Å²) in [6.07, 6.45) is 0.0262. The molecule has 2 aromatic heterocycles. The van der Waals surface area contributed by atoms with E-state index in [-0.39, 0.29) is 17.7 Å². The maximum atomic E-state index is 12.3. The maximum Gasteiger partial charge on any atom is 0.339 e. The van der Waals surface area contributed by atoms with Crippen molar-refractivity contribution in [3.63, 3.8) is 0 Å². The van der Waals surface area contributed by atoms with Crippen LogP contribution in [-0.4, -0.2) is 49.7 Å². The minimum Gasteiger partial charge on any atom is -0.507 e. The minimum absolute atomic E-state index is 0.0262. The van der Waals surface area contributed by atoms with Gasteiger partial charge in [0.1, 0.15) is 28.2 Å². The first kappa shape index (κ1) is 24.4. The van der Waals surface area contributed by atoms with Crippen LogP contribution in [0.5, 0.6) is 5.75 Å². The standard InChI is InChI=1S/C27H24N4O5S/c1-13-14(2)37-26-23(13)24(28-20(12-22(33)36-4)25-30-29-15(3)31(25)26)17-7-5-16(6-8-17)18-9-10-19(27(34)35)21(32)11-18/h5-11,20,32H,12H2,1-4H3,(H,34,35)/t20-/m0/s1. The van der Waals surface area contributed by atoms with Gasteiger partial charge in [-0.1, -0.05) is 30.3 Å². The third-order valence-electron chi connectivity index (χ3n) is 6.55. The van der Waals surface area contributed by atoms with Crippen molar-refractivity contribution >= 4 is 29.0 Å². The second kappa shape index (κ2) is 9.29. The number of aromatic nitrogens is 3. The highest BCUT2D eigenvalue weighted by Gasteiger charge is 2.32. The van der Waals surface area contributed by atoms with Gasteiger partial charge in [0.25, 0.3) is 0 Å². The number of benzene rings is 2. The minimum atomic E-state index is -1.19. The molecule has 0 saturated carbocycles. The van der Waals surface area contributed by atoms with Crippen molar-refractivity contribution in [1.82, 2.24) is 14.8 Å². The lowest BCUT2D eigenvalue weighted by Crippen LogP contribution is -2.12. The van der Waals surface area contributed by atoms with Crippen LogP contribution >= 0.6 is 11.3 Å². The second-order valence-electron chi connectivity index (χ2n) is 8.79. The Bertz CT molecular complexity index is 1580. The summed E-state index contributed by atoms with van der Waals surface area (Å²) >= 11 is 1.63. The van der Waals surface area contributed by atoms with Gasteiger partial charge in [-0.2, -0.15) is 0 Å². The molecule has 3 heterocycles. The average Bonchev–Trinajstić information content (AvgIpc) is 3.35. The Kier molecular flexibility index (Phi) is 6.12. The molecule has 37 heavy (non-hydrogen) atoms. The highest BCUT2D eigenvalue weighted by atomic mass is 32.1. The van der Waals surface area contributed by atoms with Gasteiger partial charge in [0.05, 0.1) is 19.2 Å². The van der Waals surface area contributed by atoms with Gasteiger partial charge >= 0.3 is 11.9 Å². The first-order valence-electron chi connectivity index (χ1n) is 11.5. The summed E-state index contributed by atoms with van der Waals surface area (Å²) in [6, 6.07) is 11.6. The summed E-state index contributed by atoms with van der Waals surface area (Å²) in [7, 11) is 1.35. The van der Waals surface area contributed by atoms with Crippen molar-refractivity contribution in [3.05, 3.63) is 81.2 Å². The average molecular weight is 517 g/mol. The van der Waals surface area contributed by atoms with Gasteiger partial charge < -0.3 is 14.9 Å². The zero-order valence-electron chi connectivity index (χ0n) is 20.6. The van der Waals surface area contributed by atoms with Crippen LogP contribution in [0.15, 0.2) is 47.5 Å². The van der Waals surface area contributed by atoms with Gasteiger partial charge in [-0.25, -0.2) is 4.79 Å². The van der Waals surface area contributed by atoms with Crippen molar-refractivity contribution in [2.75, 3.05) is 7.11 Å². The predicted octanol–water partition coefficient (Wildman–Crippen LogP) is 4.78. The topological polar surface area (TPSA) is 127 Å². The number of carbonyl (C=O) groups is 2. The molecule has 4 aromatic rings. The number of nitrogens with zero attached hydrogens (tertiary/aromatic N) is 4. The zero-order valence-corrected chi connectivity index (χ0v) is 21.5. The van der Waals surface area contributed by atoms with E-state index in [1.54, 1.807) is 17.4 Å². The fraction of sp³-hybridized carbons (Fsp3) is 0.222. The number of rotatable bonds is 5. The molecule has 1 aliphatic rings. The quantitative estimate of drug-likeness (QED) is 0.366. The first-order chi connectivity index (χ1) is 17.7. The molecule has 0 amide bonds. The zero-order chi connectivity index (χ0) is 26.4. The normalized spacial score (nSPS) is 14.4. The summed E-state index contributed by atoms with van der Waals surface area (Å²) in [6.45, 7) is 6.00. The van der Waals surface area contributed by atoms with E-state index in [0.717, 1.165) is 37.8 Å². The highest BCUT2D eigenvalue weighted by Crippen LogP contribution is 2.40. The number of aryl methyl sites for hydroxylation is 2. The van der Waals surface area contributed by atoms with E-state index >= 15 is 0 Å². The van der Waals surface area contributed by atoms with Crippen molar-refractivity contribution in [2.24, 2.45) is 4.99 Å². The highest BCUT2D eigenvalue weighted by molar-refractivity contribution is 7.15. The fourth-order valence-corrected chi connectivity index (χ4v) is 5.69. The van der Waals surface area contributed by atoms with E-state index in [0.29, 0.717) is 17.2 Å². The molecule has 188 valence electrons. The molecule has 9 nitrogen and oxygen atoms in total. The number of methoxy groups -OCH3 is 1. The number of aromatic hydroxyl groups is 1. The molecule has 5 rings (SSSR count). The molecular weight excluding hydrogens is 492 g/mol. The van der Waals surface area contributed by atoms with Gasteiger partial charge in [0, 0.05) is 16.0 Å². The summed E-state index contributed by atoms with van der Waals surface area (Å²) in [5.74, 6) is -0.566. The van der Waals surface area contributed by atoms with Gasteiger partial charge in [-0.05, 0) is 49.6 Å². The number of carboxylic acid groups (broad SMARTS) is 1. The number of esters is 1. The Balaban J connectivity index is 1.63. The lowest BCUT2D eigenvalue weighted by Gasteiger charge is -2.12. The monoisotopic (exact) mass is 516 g/mol. The van der Waals surface area contributed by atoms with Crippen LogP contribution in [0.2, 0.25) is 0 Å². The Morgan fingerprint density at radius 2 is 1.70 bits per heavy atom. The molecule has 0 spiro atoms. The number of fused-ring (bicyclic) bond motifs is 3. The Hall–Kier alpha value is -4.31. The van der Waals surface area contributed by atoms with Gasteiger partial charge in [0.2, 0.25) is 0 Å². The van der Waals surface area contributed by atoms with Gasteiger partial charge in [-0.3, -0.25) is 14.4 Å². The summed E-state index contributed by atoms with van der Waals surface area (Å²) < 4.78 is 6.91. The third kappa shape index (κ3) is 4.19. The SMILES string of the molecule is COC(=O)C[C@@H]1N=C(c2ccc(-c3ccc(C(=O)O)c(O)c3)cc2)c2c(sc(C)c2C)-n2c(C)nnc21. The molecule has 10 heteroatoms. The number of aromatic carboxylic acids is 1. The fourth-order valence-electron chi connectivity index (χ4n) is 4.48. The molecule has 0 saturated heterocycles. The maximum absolute atomic E-state index is 12.3. The Morgan fingerprint density at radius 1 is 1.03 bits per heavy atom. The molecule has 0 radical (unpaired) electrons. The number of hydrogen-bond donors (Lipinski definition) is 2. The molecule has 1 atom stereocenters. The molecule has 0 aliphatic carbocycles. The van der Waals surface area contributed by atoms with Crippen LogP contribution in [0.25, 0.3) is 16.1 Å². The summed E-state index contributed by atoms with van der Waals surface area (Å²) in [4.78, 5) is 29.7. The Labute approximate surface area is 216 Å². The van der Waals surface area contributed by atoms with E-state index in [1.165, 1.54) is 19.2 Å². The van der Waals surface area contributed by atoms with Crippen molar-refractivity contribution in [1.29, 1.82) is 0 Å². The van der Waals surface area contributed by atoms with E-state index in [9.17, 15) is 19.8 Å². The number of ether oxygens (including phenoxy) is 1. The number of carboxylic acids is 1. The molecule has 0 unspecified atom stereocenters. The van der Waals surface area contributed by atoms with Crippen LogP contribution in [0.1, 0.15) is 56.0 Å². The first-order valence-corrected chi connectivity index (χ1v) is 12.4. The molecule has 0 fully saturated rings. The van der Waals surface area contributed by atoms with E-state index in [1.807, 2.05) is 35.8 Å². The Morgan fingerprint density at radius 3 is 2.35 bits per heavy atom. The van der Waals surface area contributed by atoms with Crippen LogP contribution in [0, 0.1) is 20.8 Å². The molecular formula is C27H24N4O5S. The smallest absolute Gasteiger partial charge is 0.339 e. The van der Waals surface area contributed by atoms with Crippen molar-refractivity contribution < 1.29 is 24.5 Å². The lowest BCUT2D eigenvalue weighted by atomic mass is 9.96. The third-order valence-corrected chi connectivity index (χ3v) is 7.74. The van der Waals surface area contributed by atoms with Crippen LogP contribution in [0.4, 0.5) is 0 Å². The lowest BCUT2D eigenvalue weighted by molar-refractivity contribution is -0.141. The van der Waals surface area contributed by atoms with Crippen LogP contribution in [-0.2, 0) is 9.53 Å². The molecule has 2 aromatic carbocycles. The van der Waals surface area contributed by atoms with Crippen LogP contribution in [0.3, 0.4) is 0 Å². The van der Waals surface area contributed by atoms with Crippen LogP contribution < -0.4 is 0 Å². The predicted molar refractivity (Wildman–Crippen MR) is 139 cm³/mol. The number of carbonyl (C=O) groups excluding carboxylic acids is 1. The largest absolute Gasteiger partial charge is 0.507 e. The molecule has 0 bridgehead atoms. The van der Waals surface area contributed by atoms with E-state index in [2.05, 4.69) is 24.0 Å². The van der Waals surface area contributed by atoms with Gasteiger partial charge in [0.15, 0.2) is 5.82 Å². The summed E-state index contributed by atoms with van der Waals surface area (Å²) in [5, 5.41) is 28.9. The second-order valence-corrected chi connectivity index (χ2v) is 10.00. The summed E-state index contributed by atoms with van der Waals surface area (Å²) in [5.41, 5.74) is 5.00. The molecule has 1 aliphatic heterocycles. The number of aliphatic imine (C=N–C) groups is 1.